The lowest BCUT2D eigenvalue weighted by Gasteiger charge is -2.20. The van der Waals surface area contributed by atoms with Crippen molar-refractivity contribution in [3.05, 3.63) is 59.2 Å². The van der Waals surface area contributed by atoms with Crippen molar-refractivity contribution in [2.45, 2.75) is 39.0 Å². The van der Waals surface area contributed by atoms with E-state index in [1.807, 2.05) is 37.3 Å². The quantitative estimate of drug-likeness (QED) is 0.358. The molecule has 0 atom stereocenters. The summed E-state index contributed by atoms with van der Waals surface area (Å²) in [6.45, 7) is 2.77. The van der Waals surface area contributed by atoms with Gasteiger partial charge in [0, 0.05) is 5.92 Å². The molecule has 9 heteroatoms. The number of methoxy groups -OCH3 is 1. The monoisotopic (exact) mass is 518 g/mol. The number of hydrazone groups is 1. The minimum atomic E-state index is -0.434. The van der Waals surface area contributed by atoms with E-state index in [9.17, 15) is 4.79 Å². The number of hydrogen-bond acceptors (Lipinski definition) is 7. The van der Waals surface area contributed by atoms with Gasteiger partial charge in [-0.2, -0.15) is 15.1 Å². The number of hydrogen-bond donors (Lipinski definition) is 1. The molecule has 0 saturated heterocycles. The second-order valence-electron chi connectivity index (χ2n) is 9.21. The van der Waals surface area contributed by atoms with Gasteiger partial charge in [-0.3, -0.25) is 10.2 Å². The summed E-state index contributed by atoms with van der Waals surface area (Å²) in [5, 5.41) is 16.3. The van der Waals surface area contributed by atoms with Crippen LogP contribution in [0.5, 0.6) is 17.2 Å². The van der Waals surface area contributed by atoms with E-state index >= 15 is 0 Å². The van der Waals surface area contributed by atoms with Crippen LogP contribution in [0.25, 0.3) is 6.08 Å². The highest BCUT2D eigenvalue weighted by molar-refractivity contribution is 8.27. The van der Waals surface area contributed by atoms with Crippen molar-refractivity contribution in [3.8, 4) is 17.2 Å². The van der Waals surface area contributed by atoms with Crippen LogP contribution in [0, 0.1) is 18.3 Å². The van der Waals surface area contributed by atoms with Gasteiger partial charge in [-0.05, 0) is 67.4 Å². The lowest BCUT2D eigenvalue weighted by atomic mass is 9.90. The molecule has 5 rings (SSSR count). The van der Waals surface area contributed by atoms with Gasteiger partial charge in [-0.25, -0.2) is 0 Å². The molecule has 3 aliphatic rings. The summed E-state index contributed by atoms with van der Waals surface area (Å²) in [5.41, 5.74) is 2.08. The largest absolute Gasteiger partial charge is 0.493 e. The van der Waals surface area contributed by atoms with Crippen molar-refractivity contribution in [2.75, 3.05) is 20.3 Å². The zero-order valence-electron chi connectivity index (χ0n) is 21.0. The number of aliphatic imine (C=N–C) groups is 1. The molecule has 8 nitrogen and oxygen atoms in total. The SMILES string of the molecule is COc1cc(/C=C2/C(=N)N3N=C(C4CCCCC4)SC3=NC2=O)ccc1OCCOc1ccc(C)cc1. The number of ether oxygens (including phenoxy) is 3. The van der Waals surface area contributed by atoms with Crippen LogP contribution in [-0.2, 0) is 4.79 Å². The zero-order valence-corrected chi connectivity index (χ0v) is 21.8. The third-order valence-electron chi connectivity index (χ3n) is 6.55. The maximum atomic E-state index is 12.8. The van der Waals surface area contributed by atoms with Crippen molar-refractivity contribution >= 4 is 39.8 Å². The highest BCUT2D eigenvalue weighted by Crippen LogP contribution is 2.36. The molecule has 2 heterocycles. The van der Waals surface area contributed by atoms with Crippen LogP contribution in [0.3, 0.4) is 0 Å². The lowest BCUT2D eigenvalue weighted by Crippen LogP contribution is -2.35. The van der Waals surface area contributed by atoms with Crippen molar-refractivity contribution in [2.24, 2.45) is 16.0 Å². The summed E-state index contributed by atoms with van der Waals surface area (Å²) >= 11 is 1.42. The number of fused-ring (bicyclic) bond motifs is 1. The van der Waals surface area contributed by atoms with Gasteiger partial charge in [0.1, 0.15) is 24.0 Å². The number of thioether (sulfide) groups is 1. The predicted molar refractivity (Wildman–Crippen MR) is 147 cm³/mol. The van der Waals surface area contributed by atoms with Crippen LogP contribution in [0.15, 0.2) is 58.1 Å². The smallest absolute Gasteiger partial charge is 0.283 e. The minimum Gasteiger partial charge on any atom is -0.493 e. The van der Waals surface area contributed by atoms with Gasteiger partial charge in [0.25, 0.3) is 5.91 Å². The first-order chi connectivity index (χ1) is 18.0. The molecule has 37 heavy (non-hydrogen) atoms. The van der Waals surface area contributed by atoms with Crippen LogP contribution < -0.4 is 14.2 Å². The fourth-order valence-electron chi connectivity index (χ4n) is 4.53. The third-order valence-corrected chi connectivity index (χ3v) is 7.62. The first-order valence-electron chi connectivity index (χ1n) is 12.5. The highest BCUT2D eigenvalue weighted by Gasteiger charge is 2.37. The Kier molecular flexibility index (Phi) is 7.60. The third kappa shape index (κ3) is 5.72. The summed E-state index contributed by atoms with van der Waals surface area (Å²) in [7, 11) is 1.56. The molecule has 1 amide bonds. The molecule has 192 valence electrons. The van der Waals surface area contributed by atoms with E-state index < -0.39 is 5.91 Å². The number of rotatable bonds is 8. The van der Waals surface area contributed by atoms with Gasteiger partial charge in [0.15, 0.2) is 17.3 Å². The number of amides is 1. The Morgan fingerprint density at radius 1 is 1.05 bits per heavy atom. The van der Waals surface area contributed by atoms with E-state index in [-0.39, 0.29) is 11.4 Å². The van der Waals surface area contributed by atoms with Crippen LogP contribution in [0.2, 0.25) is 0 Å². The maximum absolute atomic E-state index is 12.8. The maximum Gasteiger partial charge on any atom is 0.283 e. The van der Waals surface area contributed by atoms with E-state index in [4.69, 9.17) is 19.6 Å². The Hall–Kier alpha value is -3.59. The lowest BCUT2D eigenvalue weighted by molar-refractivity contribution is -0.114. The van der Waals surface area contributed by atoms with Gasteiger partial charge < -0.3 is 14.2 Å². The zero-order chi connectivity index (χ0) is 25.8. The summed E-state index contributed by atoms with van der Waals surface area (Å²) in [6, 6.07) is 13.2. The molecule has 0 spiro atoms. The molecule has 1 aliphatic carbocycles. The van der Waals surface area contributed by atoms with Crippen molar-refractivity contribution in [1.82, 2.24) is 5.01 Å². The average molecular weight is 519 g/mol. The second kappa shape index (κ2) is 11.2. The molecule has 1 N–H and O–H groups in total. The topological polar surface area (TPSA) is 96.6 Å². The van der Waals surface area contributed by atoms with E-state index in [1.165, 1.54) is 41.6 Å². The van der Waals surface area contributed by atoms with Crippen LogP contribution in [0.4, 0.5) is 0 Å². The van der Waals surface area contributed by atoms with Crippen molar-refractivity contribution in [3.63, 3.8) is 0 Å². The first kappa shape index (κ1) is 25.1. The Morgan fingerprint density at radius 2 is 1.81 bits per heavy atom. The number of aryl methyl sites for hydroxylation is 1. The van der Waals surface area contributed by atoms with Crippen molar-refractivity contribution in [1.29, 1.82) is 5.41 Å². The fraction of sp³-hybridized carbons (Fsp3) is 0.357. The molecule has 0 unspecified atom stereocenters. The molecular weight excluding hydrogens is 488 g/mol. The predicted octanol–water partition coefficient (Wildman–Crippen LogP) is 5.66. The molecule has 2 aromatic carbocycles. The van der Waals surface area contributed by atoms with Crippen LogP contribution >= 0.6 is 11.8 Å². The summed E-state index contributed by atoms with van der Waals surface area (Å²) in [5.74, 6) is 1.89. The standard InChI is InChI=1S/C28H30N4O4S/c1-18-8-11-21(12-9-18)35-14-15-36-23-13-10-19(17-24(23)34-2)16-22-25(29)32-28(30-26(22)33)37-27(31-32)20-6-4-3-5-7-20/h8-13,16-17,20,29H,3-7,14-15H2,1-2H3/b22-16-,29-25?. The first-order valence-corrected chi connectivity index (χ1v) is 13.3. The summed E-state index contributed by atoms with van der Waals surface area (Å²) in [6.07, 6.45) is 7.50. The molecular formula is C28H30N4O4S. The normalized spacial score (nSPS) is 19.0. The van der Waals surface area contributed by atoms with E-state index in [0.717, 1.165) is 23.6 Å². The summed E-state index contributed by atoms with van der Waals surface area (Å²) in [4.78, 5) is 17.0. The number of carbonyl (C=O) groups is 1. The number of amidine groups is 2. The minimum absolute atomic E-state index is 0.0425. The second-order valence-corrected chi connectivity index (χ2v) is 10.2. The van der Waals surface area contributed by atoms with Crippen molar-refractivity contribution < 1.29 is 19.0 Å². The van der Waals surface area contributed by atoms with Gasteiger partial charge in [-0.1, -0.05) is 43.0 Å². The van der Waals surface area contributed by atoms with Gasteiger partial charge >= 0.3 is 0 Å². The number of benzene rings is 2. The van der Waals surface area contributed by atoms with Gasteiger partial charge in [0.2, 0.25) is 5.17 Å². The molecule has 2 aliphatic heterocycles. The number of nitrogens with zero attached hydrogens (tertiary/aromatic N) is 3. The molecule has 0 aromatic heterocycles. The van der Waals surface area contributed by atoms with Crippen LogP contribution in [0.1, 0.15) is 43.2 Å². The average Bonchev–Trinajstić information content (AvgIpc) is 3.35. The Labute approximate surface area is 220 Å². The molecule has 0 radical (unpaired) electrons. The summed E-state index contributed by atoms with van der Waals surface area (Å²) < 4.78 is 17.1. The van der Waals surface area contributed by atoms with E-state index in [2.05, 4.69) is 10.1 Å². The fourth-order valence-corrected chi connectivity index (χ4v) is 5.59. The Balaban J connectivity index is 1.25. The number of carbonyl (C=O) groups excluding carboxylic acids is 1. The Morgan fingerprint density at radius 3 is 2.57 bits per heavy atom. The van der Waals surface area contributed by atoms with E-state index in [0.29, 0.717) is 41.4 Å². The van der Waals surface area contributed by atoms with E-state index in [1.54, 1.807) is 25.3 Å². The number of nitrogens with one attached hydrogen (secondary N) is 1. The highest BCUT2D eigenvalue weighted by atomic mass is 32.2. The molecule has 0 bridgehead atoms. The van der Waals surface area contributed by atoms with Crippen LogP contribution in [-0.4, -0.2) is 47.3 Å². The van der Waals surface area contributed by atoms with Gasteiger partial charge in [-0.15, -0.1) is 0 Å². The molecule has 1 saturated carbocycles. The molecule has 2 aromatic rings. The molecule has 1 fully saturated rings. The van der Waals surface area contributed by atoms with Gasteiger partial charge in [0.05, 0.1) is 12.7 Å². The Bertz CT molecular complexity index is 1280.